The van der Waals surface area contributed by atoms with Gasteiger partial charge in [0.2, 0.25) is 0 Å². The minimum absolute atomic E-state index is 1.40. The van der Waals surface area contributed by atoms with E-state index in [1.165, 1.54) is 77.3 Å². The van der Waals surface area contributed by atoms with E-state index in [0.29, 0.717) is 0 Å². The van der Waals surface area contributed by atoms with Crippen molar-refractivity contribution in [2.24, 2.45) is 0 Å². The van der Waals surface area contributed by atoms with Crippen LogP contribution in [0.3, 0.4) is 0 Å². The lowest BCUT2D eigenvalue weighted by molar-refractivity contribution is 1.32. The Morgan fingerprint density at radius 3 is 0.850 bits per heavy atom. The molecule has 0 N–H and O–H groups in total. The third-order valence-corrected chi connectivity index (χ3v) is 12.3. The molecule has 0 amide bonds. The summed E-state index contributed by atoms with van der Waals surface area (Å²) in [5.74, 6) is 0. The van der Waals surface area contributed by atoms with Gasteiger partial charge < -0.3 is 0 Å². The number of rotatable bonds is 0. The molecule has 220 valence electrons. The second-order valence-corrected chi connectivity index (χ2v) is 17.3. The molecule has 0 aliphatic carbocycles. The van der Waals surface area contributed by atoms with Gasteiger partial charge in [0.1, 0.15) is 0 Å². The summed E-state index contributed by atoms with van der Waals surface area (Å²) in [4.78, 5) is 12.9. The minimum Gasteiger partial charge on any atom is -0.149 e. The van der Waals surface area contributed by atoms with Crippen molar-refractivity contribution in [1.29, 1.82) is 0 Å². The maximum atomic E-state index is 2.22. The number of hydrogen-bond donors (Lipinski definition) is 0. The first-order chi connectivity index (χ1) is 18.5. The molecule has 40 heavy (non-hydrogen) atoms. The Balaban J connectivity index is 0.000000250. The van der Waals surface area contributed by atoms with Crippen LogP contribution in [0.2, 0.25) is 0 Å². The molecule has 5 aromatic heterocycles. The largest absolute Gasteiger partial charge is 0.149 e. The van der Waals surface area contributed by atoms with Crippen LogP contribution >= 0.6 is 56.7 Å². The molecule has 0 radical (unpaired) electrons. The van der Waals surface area contributed by atoms with E-state index < -0.39 is 0 Å². The Kier molecular flexibility index (Phi) is 15.9. The van der Waals surface area contributed by atoms with Crippen LogP contribution in [-0.2, 0) is 0 Å². The molecule has 0 unspecified atom stereocenters. The zero-order chi connectivity index (χ0) is 30.7. The Morgan fingerprint density at radius 1 is 0.350 bits per heavy atom. The van der Waals surface area contributed by atoms with Gasteiger partial charge in [0.15, 0.2) is 0 Å². The second kappa shape index (κ2) is 17.5. The summed E-state index contributed by atoms with van der Waals surface area (Å²) < 4.78 is 0. The molecule has 5 heteroatoms. The Bertz CT molecular complexity index is 1300. The van der Waals surface area contributed by atoms with Crippen LogP contribution in [0.5, 0.6) is 0 Å². The van der Waals surface area contributed by atoms with Gasteiger partial charge in [-0.3, -0.25) is 0 Å². The normalized spacial score (nSPS) is 9.88. The summed E-state index contributed by atoms with van der Waals surface area (Å²) in [6, 6.07) is 8.72. The third kappa shape index (κ3) is 12.6. The molecule has 0 aliphatic rings. The van der Waals surface area contributed by atoms with Crippen molar-refractivity contribution >= 4 is 56.7 Å². The second-order valence-electron chi connectivity index (χ2n) is 10.4. The standard InChI is InChI=1S/C8H12S.3C7H10S.C6H8S/c1-5-6(2)8(4)9-7(5)3;1-5-4-8-7(3)6(5)2;2*1-5-4-6(2)8-7(5)3;1-5-3-4-6(2)7-5/h1-4H3;3*4H,1-3H3;3-4H,1-2H3. The van der Waals surface area contributed by atoms with E-state index in [2.05, 4.69) is 134 Å². The molecule has 5 rings (SSSR count). The molecule has 0 aliphatic heterocycles. The molecular formula is C35H50S5. The van der Waals surface area contributed by atoms with Crippen molar-refractivity contribution in [1.82, 2.24) is 0 Å². The summed E-state index contributed by atoms with van der Waals surface area (Å²) in [6.07, 6.45) is 0. The molecule has 0 bridgehead atoms. The molecule has 0 nitrogen and oxygen atoms in total. The first kappa shape index (κ1) is 36.5. The predicted molar refractivity (Wildman–Crippen MR) is 193 cm³/mol. The topological polar surface area (TPSA) is 0 Å². The van der Waals surface area contributed by atoms with E-state index in [1.807, 2.05) is 56.7 Å². The van der Waals surface area contributed by atoms with E-state index in [-0.39, 0.29) is 0 Å². The van der Waals surface area contributed by atoms with Gasteiger partial charge in [0, 0.05) is 43.9 Å². The average molecular weight is 631 g/mol. The molecule has 0 saturated carbocycles. The van der Waals surface area contributed by atoms with Gasteiger partial charge in [-0.25, -0.2) is 0 Å². The van der Waals surface area contributed by atoms with E-state index >= 15 is 0 Å². The fourth-order valence-corrected chi connectivity index (χ4v) is 8.21. The first-order valence-electron chi connectivity index (χ1n) is 13.7. The van der Waals surface area contributed by atoms with Gasteiger partial charge in [0.25, 0.3) is 0 Å². The highest BCUT2D eigenvalue weighted by Crippen LogP contribution is 2.25. The molecule has 0 fully saturated rings. The third-order valence-electron chi connectivity index (χ3n) is 6.91. The van der Waals surface area contributed by atoms with Crippen molar-refractivity contribution in [3.05, 3.63) is 107 Å². The molecule has 5 heterocycles. The van der Waals surface area contributed by atoms with Crippen molar-refractivity contribution in [3.8, 4) is 0 Å². The van der Waals surface area contributed by atoms with Crippen LogP contribution in [0.4, 0.5) is 0 Å². The van der Waals surface area contributed by atoms with E-state index in [9.17, 15) is 0 Å². The molecule has 0 atom stereocenters. The Morgan fingerprint density at radius 2 is 0.750 bits per heavy atom. The number of aryl methyl sites for hydroxylation is 12. The highest BCUT2D eigenvalue weighted by atomic mass is 32.1. The highest BCUT2D eigenvalue weighted by molar-refractivity contribution is 7.13. The maximum absolute atomic E-state index is 2.22. The van der Waals surface area contributed by atoms with Crippen molar-refractivity contribution in [2.45, 2.75) is 104 Å². The fraction of sp³-hybridized carbons (Fsp3) is 0.429. The van der Waals surface area contributed by atoms with Gasteiger partial charge in [-0.15, -0.1) is 56.7 Å². The maximum Gasteiger partial charge on any atom is 0.00489 e. The van der Waals surface area contributed by atoms with E-state index in [1.54, 1.807) is 0 Å². The smallest absolute Gasteiger partial charge is 0.00489 e. The SMILES string of the molecule is Cc1cc(C)c(C)s1.Cc1cc(C)c(C)s1.Cc1ccc(C)s1.Cc1csc(C)c1C.Cc1sc(C)c(C)c1C. The molecule has 0 saturated heterocycles. The van der Waals surface area contributed by atoms with Crippen LogP contribution in [0.15, 0.2) is 29.6 Å². The monoisotopic (exact) mass is 630 g/mol. The fourth-order valence-electron chi connectivity index (χ4n) is 3.61. The van der Waals surface area contributed by atoms with Crippen molar-refractivity contribution < 1.29 is 0 Å². The lowest BCUT2D eigenvalue weighted by atomic mass is 10.2. The quantitative estimate of drug-likeness (QED) is 0.160. The van der Waals surface area contributed by atoms with Gasteiger partial charge in [-0.2, -0.15) is 0 Å². The summed E-state index contributed by atoms with van der Waals surface area (Å²) in [6.45, 7) is 32.4. The number of thiophene rings is 5. The highest BCUT2D eigenvalue weighted by Gasteiger charge is 2.02. The molecular weight excluding hydrogens is 581 g/mol. The predicted octanol–water partition coefficient (Wildman–Crippen LogP) is 13.4. The van der Waals surface area contributed by atoms with Gasteiger partial charge >= 0.3 is 0 Å². The van der Waals surface area contributed by atoms with Crippen LogP contribution in [0, 0.1) is 104 Å². The minimum atomic E-state index is 1.40. The van der Waals surface area contributed by atoms with Crippen LogP contribution < -0.4 is 0 Å². The molecule has 5 aromatic rings. The lowest BCUT2D eigenvalue weighted by Gasteiger charge is -1.88. The zero-order valence-electron chi connectivity index (χ0n) is 27.4. The van der Waals surface area contributed by atoms with E-state index in [4.69, 9.17) is 0 Å². The summed E-state index contributed by atoms with van der Waals surface area (Å²) in [5, 5.41) is 2.20. The first-order valence-corrected chi connectivity index (χ1v) is 17.8. The molecule has 0 aromatic carbocycles. The van der Waals surface area contributed by atoms with Crippen molar-refractivity contribution in [3.63, 3.8) is 0 Å². The Hall–Kier alpha value is -1.50. The van der Waals surface area contributed by atoms with Crippen LogP contribution in [0.1, 0.15) is 77.3 Å². The zero-order valence-corrected chi connectivity index (χ0v) is 31.5. The summed E-state index contributed by atoms with van der Waals surface area (Å²) in [5.41, 5.74) is 8.66. The number of hydrogen-bond acceptors (Lipinski definition) is 5. The van der Waals surface area contributed by atoms with Crippen molar-refractivity contribution in [2.75, 3.05) is 0 Å². The molecule has 0 spiro atoms. The summed E-state index contributed by atoms with van der Waals surface area (Å²) in [7, 11) is 0. The van der Waals surface area contributed by atoms with E-state index in [0.717, 1.165) is 0 Å². The Labute approximate surface area is 265 Å². The van der Waals surface area contributed by atoms with Crippen LogP contribution in [0.25, 0.3) is 0 Å². The van der Waals surface area contributed by atoms with Gasteiger partial charge in [-0.1, -0.05) is 0 Å². The van der Waals surface area contributed by atoms with Gasteiger partial charge in [0.05, 0.1) is 0 Å². The average Bonchev–Trinajstić information content (AvgIpc) is 3.62. The van der Waals surface area contributed by atoms with Crippen LogP contribution in [-0.4, -0.2) is 0 Å². The summed E-state index contributed by atoms with van der Waals surface area (Å²) >= 11 is 9.31. The lowest BCUT2D eigenvalue weighted by Crippen LogP contribution is -1.73. The van der Waals surface area contributed by atoms with Gasteiger partial charge in [-0.05, 0) is 167 Å².